The summed E-state index contributed by atoms with van der Waals surface area (Å²) < 4.78 is 10.2. The normalized spacial score (nSPS) is 11.6. The molecule has 37 heavy (non-hydrogen) atoms. The Kier molecular flexibility index (Phi) is 25.3. The molecule has 0 aliphatic heterocycles. The number of hydrogen-bond donors (Lipinski definition) is 3. The molecule has 0 heterocycles. The zero-order valence-electron chi connectivity index (χ0n) is 23.0. The highest BCUT2D eigenvalue weighted by Crippen LogP contribution is 2.13. The molecule has 1 atom stereocenters. The quantitative estimate of drug-likeness (QED) is 0.0552. The number of amides is 2. The summed E-state index contributed by atoms with van der Waals surface area (Å²) >= 11 is 0. The summed E-state index contributed by atoms with van der Waals surface area (Å²) in [4.78, 5) is 34.3. The van der Waals surface area contributed by atoms with Gasteiger partial charge in [0, 0.05) is 19.4 Å². The van der Waals surface area contributed by atoms with Crippen LogP contribution in [-0.4, -0.2) is 62.2 Å². The van der Waals surface area contributed by atoms with E-state index in [1.165, 1.54) is 57.8 Å². The van der Waals surface area contributed by atoms with Crippen LogP contribution in [0.25, 0.3) is 0 Å². The maximum Gasteiger partial charge on any atom is 0.220 e. The van der Waals surface area contributed by atoms with Crippen LogP contribution in [0.3, 0.4) is 0 Å². The Bertz CT molecular complexity index is 611. The van der Waals surface area contributed by atoms with Crippen molar-refractivity contribution in [3.8, 4) is 0 Å². The second kappa shape index (κ2) is 26.9. The van der Waals surface area contributed by atoms with E-state index < -0.39 is 6.04 Å². The Hall–Kier alpha value is -2.19. The molecule has 0 radical (unpaired) electrons. The second-order valence-electron chi connectivity index (χ2n) is 9.42. The van der Waals surface area contributed by atoms with Gasteiger partial charge in [-0.1, -0.05) is 76.9 Å². The van der Waals surface area contributed by atoms with Crippen LogP contribution in [0, 0.1) is 0 Å². The minimum atomic E-state index is -0.633. The van der Waals surface area contributed by atoms with Gasteiger partial charge in [-0.05, 0) is 25.7 Å². The van der Waals surface area contributed by atoms with Crippen LogP contribution in [-0.2, 0) is 23.9 Å². The molecule has 0 aromatic rings. The van der Waals surface area contributed by atoms with Gasteiger partial charge in [0.15, 0.2) is 0 Å². The van der Waals surface area contributed by atoms with Gasteiger partial charge in [-0.25, -0.2) is 0 Å². The SMILES string of the molecule is C=CCCCCCCCCCCCCCCC(=O)NC(CCC(=O)NCCOCCOCC=O)C(=C)O. The second-order valence-corrected chi connectivity index (χ2v) is 9.42. The first-order chi connectivity index (χ1) is 18.0. The summed E-state index contributed by atoms with van der Waals surface area (Å²) in [7, 11) is 0. The Labute approximate surface area is 224 Å². The lowest BCUT2D eigenvalue weighted by Crippen LogP contribution is -2.37. The molecule has 2 amide bonds. The van der Waals surface area contributed by atoms with E-state index in [9.17, 15) is 19.5 Å². The van der Waals surface area contributed by atoms with Crippen molar-refractivity contribution in [1.29, 1.82) is 0 Å². The third-order valence-corrected chi connectivity index (χ3v) is 6.09. The predicted octanol–water partition coefficient (Wildman–Crippen LogP) is 5.32. The van der Waals surface area contributed by atoms with Crippen molar-refractivity contribution in [2.45, 2.75) is 109 Å². The minimum Gasteiger partial charge on any atom is -0.511 e. The molecule has 0 aliphatic carbocycles. The van der Waals surface area contributed by atoms with E-state index in [0.29, 0.717) is 39.1 Å². The van der Waals surface area contributed by atoms with Gasteiger partial charge >= 0.3 is 0 Å². The van der Waals surface area contributed by atoms with Gasteiger partial charge in [-0.2, -0.15) is 0 Å². The molecule has 0 saturated carbocycles. The number of allylic oxidation sites excluding steroid dienone is 1. The summed E-state index contributed by atoms with van der Waals surface area (Å²) in [5.74, 6) is -0.458. The van der Waals surface area contributed by atoms with E-state index in [4.69, 9.17) is 9.47 Å². The number of ether oxygens (including phenoxy) is 2. The van der Waals surface area contributed by atoms with E-state index >= 15 is 0 Å². The lowest BCUT2D eigenvalue weighted by molar-refractivity contribution is -0.123. The summed E-state index contributed by atoms with van der Waals surface area (Å²) in [6, 6.07) is -0.633. The summed E-state index contributed by atoms with van der Waals surface area (Å²) in [6.45, 7) is 8.68. The number of aldehydes is 1. The van der Waals surface area contributed by atoms with Gasteiger partial charge in [0.05, 0.1) is 25.9 Å². The molecule has 0 rings (SSSR count). The van der Waals surface area contributed by atoms with Crippen molar-refractivity contribution in [2.75, 3.05) is 33.0 Å². The monoisotopic (exact) mass is 524 g/mol. The van der Waals surface area contributed by atoms with Crippen molar-refractivity contribution in [3.63, 3.8) is 0 Å². The highest BCUT2D eigenvalue weighted by atomic mass is 16.5. The Balaban J connectivity index is 3.70. The molecular formula is C29H52N2O6. The van der Waals surface area contributed by atoms with Crippen LogP contribution in [0.5, 0.6) is 0 Å². The standard InChI is InChI=1S/C29H52N2O6/c1-3-4-5-6-7-8-9-10-11-12-13-14-15-16-17-29(35)31-27(26(2)33)18-19-28(34)30-20-22-36-24-25-37-23-21-32/h3,21,27,33H,1-2,4-20,22-25H2,(H,30,34)(H,31,35). The smallest absolute Gasteiger partial charge is 0.220 e. The first-order valence-corrected chi connectivity index (χ1v) is 14.1. The molecule has 0 spiro atoms. The van der Waals surface area contributed by atoms with Gasteiger partial charge in [0.2, 0.25) is 11.8 Å². The average molecular weight is 525 g/mol. The molecule has 0 fully saturated rings. The van der Waals surface area contributed by atoms with Gasteiger partial charge in [0.25, 0.3) is 0 Å². The maximum atomic E-state index is 12.2. The molecule has 0 aromatic heterocycles. The average Bonchev–Trinajstić information content (AvgIpc) is 2.88. The van der Waals surface area contributed by atoms with Gasteiger partial charge in [-0.15, -0.1) is 6.58 Å². The van der Waals surface area contributed by atoms with E-state index in [2.05, 4.69) is 23.8 Å². The molecule has 0 saturated heterocycles. The predicted molar refractivity (Wildman–Crippen MR) is 148 cm³/mol. The fourth-order valence-electron chi connectivity index (χ4n) is 3.91. The number of unbranched alkanes of at least 4 members (excludes halogenated alkanes) is 12. The van der Waals surface area contributed by atoms with Crippen LogP contribution < -0.4 is 10.6 Å². The molecular weight excluding hydrogens is 472 g/mol. The number of nitrogens with one attached hydrogen (secondary N) is 2. The van der Waals surface area contributed by atoms with Crippen LogP contribution in [0.4, 0.5) is 0 Å². The third-order valence-electron chi connectivity index (χ3n) is 6.09. The molecule has 8 heteroatoms. The number of rotatable bonds is 28. The van der Waals surface area contributed by atoms with Crippen molar-refractivity contribution in [1.82, 2.24) is 10.6 Å². The molecule has 214 valence electrons. The molecule has 0 aliphatic rings. The molecule has 0 aromatic carbocycles. The summed E-state index contributed by atoms with van der Waals surface area (Å²) in [5, 5.41) is 15.3. The fourth-order valence-corrected chi connectivity index (χ4v) is 3.91. The zero-order chi connectivity index (χ0) is 27.4. The van der Waals surface area contributed by atoms with Gasteiger partial charge in [-0.3, -0.25) is 9.59 Å². The largest absolute Gasteiger partial charge is 0.511 e. The highest BCUT2D eigenvalue weighted by Gasteiger charge is 2.16. The highest BCUT2D eigenvalue weighted by molar-refractivity contribution is 5.77. The van der Waals surface area contributed by atoms with Crippen LogP contribution in [0.2, 0.25) is 0 Å². The number of carbonyl (C=O) groups excluding carboxylic acids is 3. The van der Waals surface area contributed by atoms with Crippen molar-refractivity contribution >= 4 is 18.1 Å². The Morgan fingerprint density at radius 3 is 1.92 bits per heavy atom. The number of aliphatic hydroxyl groups is 1. The Morgan fingerprint density at radius 2 is 1.35 bits per heavy atom. The lowest BCUT2D eigenvalue weighted by Gasteiger charge is -2.17. The van der Waals surface area contributed by atoms with E-state index in [0.717, 1.165) is 25.7 Å². The summed E-state index contributed by atoms with van der Waals surface area (Å²) in [6.07, 6.45) is 19.3. The molecule has 3 N–H and O–H groups in total. The first-order valence-electron chi connectivity index (χ1n) is 14.1. The number of hydrogen-bond acceptors (Lipinski definition) is 6. The van der Waals surface area contributed by atoms with E-state index in [-0.39, 0.29) is 37.0 Å². The van der Waals surface area contributed by atoms with Gasteiger partial charge < -0.3 is 30.0 Å². The fraction of sp³-hybridized carbons (Fsp3) is 0.759. The summed E-state index contributed by atoms with van der Waals surface area (Å²) in [5.41, 5.74) is 0. The molecule has 8 nitrogen and oxygen atoms in total. The zero-order valence-corrected chi connectivity index (χ0v) is 23.0. The molecule has 1 unspecified atom stereocenters. The van der Waals surface area contributed by atoms with Crippen molar-refractivity contribution in [3.05, 3.63) is 25.0 Å². The van der Waals surface area contributed by atoms with Crippen LogP contribution in [0.15, 0.2) is 25.0 Å². The first kappa shape index (κ1) is 34.8. The van der Waals surface area contributed by atoms with Crippen LogP contribution in [0.1, 0.15) is 103 Å². The van der Waals surface area contributed by atoms with Crippen molar-refractivity contribution < 1.29 is 29.0 Å². The third kappa shape index (κ3) is 25.2. The van der Waals surface area contributed by atoms with E-state index in [1.54, 1.807) is 0 Å². The van der Waals surface area contributed by atoms with E-state index in [1.807, 2.05) is 6.08 Å². The Morgan fingerprint density at radius 1 is 0.784 bits per heavy atom. The molecule has 0 bridgehead atoms. The topological polar surface area (TPSA) is 114 Å². The maximum absolute atomic E-state index is 12.2. The number of carbonyl (C=O) groups is 3. The van der Waals surface area contributed by atoms with Gasteiger partial charge in [0.1, 0.15) is 18.7 Å². The van der Waals surface area contributed by atoms with Crippen molar-refractivity contribution in [2.24, 2.45) is 0 Å². The number of aliphatic hydroxyl groups excluding tert-OH is 1. The minimum absolute atomic E-state index is 0.0473. The van der Waals surface area contributed by atoms with Crippen LogP contribution >= 0.6 is 0 Å². The lowest BCUT2D eigenvalue weighted by atomic mass is 10.0.